The van der Waals surface area contributed by atoms with Gasteiger partial charge in [0.2, 0.25) is 0 Å². The van der Waals surface area contributed by atoms with Gasteiger partial charge in [0.25, 0.3) is 0 Å². The van der Waals surface area contributed by atoms with Crippen LogP contribution in [0.5, 0.6) is 0 Å². The number of nitrogens with zero attached hydrogens (tertiary/aromatic N) is 2. The van der Waals surface area contributed by atoms with Gasteiger partial charge in [-0.1, -0.05) is 13.8 Å². The van der Waals surface area contributed by atoms with Crippen molar-refractivity contribution in [3.63, 3.8) is 0 Å². The lowest BCUT2D eigenvalue weighted by Gasteiger charge is -2.60. The van der Waals surface area contributed by atoms with Crippen LogP contribution in [0, 0.1) is 41.4 Å². The molecule has 1 aromatic heterocycles. The number of rotatable bonds is 1. The predicted molar refractivity (Wildman–Crippen MR) is 114 cm³/mol. The third kappa shape index (κ3) is 2.74. The number of hydrogen-bond acceptors (Lipinski definition) is 3. The Balaban J connectivity index is 1.47. The number of Topliss-reactive ketones (excluding diaryl/α,β-unsaturated/α-hetero) is 1. The lowest BCUT2D eigenvalue weighted by molar-refractivity contribution is -0.134. The van der Waals surface area contributed by atoms with Crippen molar-refractivity contribution in [1.29, 1.82) is 0 Å². The van der Waals surface area contributed by atoms with Crippen LogP contribution in [0.4, 0.5) is 0 Å². The minimum absolute atomic E-state index is 0.115. The summed E-state index contributed by atoms with van der Waals surface area (Å²) in [5, 5.41) is 15.0. The van der Waals surface area contributed by atoms with Gasteiger partial charge >= 0.3 is 0 Å². The van der Waals surface area contributed by atoms with E-state index >= 15 is 0 Å². The van der Waals surface area contributed by atoms with Crippen LogP contribution in [0.2, 0.25) is 0 Å². The maximum atomic E-state index is 13.0. The van der Waals surface area contributed by atoms with Gasteiger partial charge < -0.3 is 5.11 Å². The lowest BCUT2D eigenvalue weighted by atomic mass is 9.45. The minimum Gasteiger partial charge on any atom is -0.393 e. The highest BCUT2D eigenvalue weighted by atomic mass is 16.3. The fraction of sp³-hybridized carbons (Fsp3) is 0.760. The molecule has 5 rings (SSSR count). The third-order valence-corrected chi connectivity index (χ3v) is 9.98. The van der Waals surface area contributed by atoms with Crippen molar-refractivity contribution in [2.75, 3.05) is 0 Å². The highest BCUT2D eigenvalue weighted by molar-refractivity contribution is 6.00. The van der Waals surface area contributed by atoms with E-state index in [-0.39, 0.29) is 16.9 Å². The van der Waals surface area contributed by atoms with Crippen LogP contribution in [0.3, 0.4) is 0 Å². The molecule has 0 saturated heterocycles. The number of carbonyl (C=O) groups is 1. The topological polar surface area (TPSA) is 55.1 Å². The second-order valence-electron chi connectivity index (χ2n) is 11.1. The number of fused-ring (bicyclic) bond motifs is 5. The zero-order valence-electron chi connectivity index (χ0n) is 18.4. The Bertz CT molecular complexity index is 870. The predicted octanol–water partition coefficient (Wildman–Crippen LogP) is 4.69. The highest BCUT2D eigenvalue weighted by Gasteiger charge is 2.60. The molecule has 0 unspecified atom stereocenters. The summed E-state index contributed by atoms with van der Waals surface area (Å²) in [6, 6.07) is 0. The van der Waals surface area contributed by atoms with Crippen molar-refractivity contribution < 1.29 is 9.90 Å². The maximum absolute atomic E-state index is 13.0. The summed E-state index contributed by atoms with van der Waals surface area (Å²) in [7, 11) is 1.96. The minimum atomic E-state index is -0.115. The molecule has 0 aromatic carbocycles. The molecule has 29 heavy (non-hydrogen) atoms. The second kappa shape index (κ2) is 6.54. The van der Waals surface area contributed by atoms with E-state index in [9.17, 15) is 9.90 Å². The summed E-state index contributed by atoms with van der Waals surface area (Å²) in [6.07, 6.45) is 12.5. The average Bonchev–Trinajstić information content (AvgIpc) is 3.16. The summed E-state index contributed by atoms with van der Waals surface area (Å²) in [5.41, 5.74) is 3.56. The Morgan fingerprint density at radius 2 is 1.90 bits per heavy atom. The third-order valence-electron chi connectivity index (χ3n) is 9.98. The standard InChI is InChI=1S/C25H36N2O2/c1-15-17(14-26-27(15)4)11-16-13-25(3)18(12-22(16)28)5-6-19-20-7-8-23(29)24(20,2)10-9-21(19)25/h11,14,18-21,23,29H,5-10,12-13H2,1-4H3/b16-11+/t18-,19+,20+,21+,23+,24-,25-/m0/s1. The average molecular weight is 397 g/mol. The van der Waals surface area contributed by atoms with Crippen LogP contribution < -0.4 is 0 Å². The first-order valence-electron chi connectivity index (χ1n) is 11.6. The summed E-state index contributed by atoms with van der Waals surface area (Å²) >= 11 is 0. The number of carbonyl (C=O) groups excluding carboxylic acids is 1. The molecule has 0 aliphatic heterocycles. The van der Waals surface area contributed by atoms with E-state index in [0.29, 0.717) is 23.5 Å². The van der Waals surface area contributed by atoms with E-state index < -0.39 is 0 Å². The highest BCUT2D eigenvalue weighted by Crippen LogP contribution is 2.66. The number of allylic oxidation sites excluding steroid dienone is 1. The first-order chi connectivity index (χ1) is 13.7. The zero-order chi connectivity index (χ0) is 20.6. The molecule has 0 radical (unpaired) electrons. The van der Waals surface area contributed by atoms with E-state index in [1.807, 2.05) is 17.9 Å². The van der Waals surface area contributed by atoms with Gasteiger partial charge in [-0.05, 0) is 98.0 Å². The Labute approximate surface area is 174 Å². The monoisotopic (exact) mass is 396 g/mol. The van der Waals surface area contributed by atoms with Crippen molar-refractivity contribution in [1.82, 2.24) is 9.78 Å². The van der Waals surface area contributed by atoms with Gasteiger partial charge in [0.15, 0.2) is 5.78 Å². The first kappa shape index (κ1) is 19.5. The molecule has 158 valence electrons. The van der Waals surface area contributed by atoms with Crippen molar-refractivity contribution in [2.45, 2.75) is 78.2 Å². The van der Waals surface area contributed by atoms with E-state index in [1.54, 1.807) is 0 Å². The quantitative estimate of drug-likeness (QED) is 0.701. The molecule has 7 atom stereocenters. The van der Waals surface area contributed by atoms with Gasteiger partial charge in [-0.25, -0.2) is 0 Å². The van der Waals surface area contributed by atoms with Gasteiger partial charge in [-0.2, -0.15) is 5.10 Å². The van der Waals surface area contributed by atoms with Crippen LogP contribution >= 0.6 is 0 Å². The van der Waals surface area contributed by atoms with E-state index in [0.717, 1.165) is 48.4 Å². The SMILES string of the molecule is Cc1c(/C=C2\C[C@@]3(C)[C@@H](CC[C@H]4[C@H]3CC[C@]3(C)[C@H](O)CC[C@H]43)CC2=O)cnn1C. The second-order valence-corrected chi connectivity index (χ2v) is 11.1. The van der Waals surface area contributed by atoms with Crippen molar-refractivity contribution in [3.05, 3.63) is 23.0 Å². The Kier molecular flexibility index (Phi) is 4.40. The molecular formula is C25H36N2O2. The van der Waals surface area contributed by atoms with E-state index in [4.69, 9.17) is 0 Å². The van der Waals surface area contributed by atoms with Crippen LogP contribution in [0.25, 0.3) is 6.08 Å². The van der Waals surface area contributed by atoms with Crippen LogP contribution in [-0.4, -0.2) is 26.8 Å². The van der Waals surface area contributed by atoms with Crippen molar-refractivity contribution in [3.8, 4) is 0 Å². The van der Waals surface area contributed by atoms with E-state index in [1.165, 1.54) is 25.7 Å². The van der Waals surface area contributed by atoms with Gasteiger partial charge in [-0.15, -0.1) is 0 Å². The Morgan fingerprint density at radius 3 is 2.62 bits per heavy atom. The van der Waals surface area contributed by atoms with Crippen LogP contribution in [0.1, 0.15) is 76.5 Å². The number of aryl methyl sites for hydroxylation is 1. The number of aliphatic hydroxyl groups excluding tert-OH is 1. The number of hydrogen-bond donors (Lipinski definition) is 1. The summed E-state index contributed by atoms with van der Waals surface area (Å²) < 4.78 is 1.88. The Morgan fingerprint density at radius 1 is 1.14 bits per heavy atom. The summed E-state index contributed by atoms with van der Waals surface area (Å²) in [5.74, 6) is 2.96. The smallest absolute Gasteiger partial charge is 0.159 e. The summed E-state index contributed by atoms with van der Waals surface area (Å²) in [6.45, 7) is 6.90. The molecule has 4 aliphatic carbocycles. The molecule has 1 heterocycles. The van der Waals surface area contributed by atoms with E-state index in [2.05, 4.69) is 31.9 Å². The molecular weight excluding hydrogens is 360 g/mol. The summed E-state index contributed by atoms with van der Waals surface area (Å²) in [4.78, 5) is 13.0. The largest absolute Gasteiger partial charge is 0.393 e. The van der Waals surface area contributed by atoms with Gasteiger partial charge in [0.1, 0.15) is 0 Å². The molecule has 4 nitrogen and oxygen atoms in total. The molecule has 1 aromatic rings. The van der Waals surface area contributed by atoms with Gasteiger partial charge in [-0.3, -0.25) is 9.48 Å². The molecule has 4 fully saturated rings. The number of aliphatic hydroxyl groups is 1. The molecule has 1 N–H and O–H groups in total. The van der Waals surface area contributed by atoms with Crippen LogP contribution in [-0.2, 0) is 11.8 Å². The Hall–Kier alpha value is -1.42. The van der Waals surface area contributed by atoms with Gasteiger partial charge in [0, 0.05) is 24.7 Å². The number of aromatic nitrogens is 2. The lowest BCUT2D eigenvalue weighted by Crippen LogP contribution is -2.54. The molecule has 4 saturated carbocycles. The first-order valence-corrected chi connectivity index (χ1v) is 11.6. The molecule has 0 spiro atoms. The molecule has 0 bridgehead atoms. The van der Waals surface area contributed by atoms with Crippen molar-refractivity contribution >= 4 is 11.9 Å². The van der Waals surface area contributed by atoms with Crippen molar-refractivity contribution in [2.24, 2.45) is 41.5 Å². The maximum Gasteiger partial charge on any atom is 0.159 e. The van der Waals surface area contributed by atoms with Gasteiger partial charge in [0.05, 0.1) is 12.3 Å². The molecule has 0 amide bonds. The number of ketones is 1. The molecule has 4 heteroatoms. The normalized spacial score (nSPS) is 45.8. The van der Waals surface area contributed by atoms with Crippen LogP contribution in [0.15, 0.2) is 11.8 Å². The fourth-order valence-electron chi connectivity index (χ4n) is 7.96. The molecule has 4 aliphatic rings. The fourth-order valence-corrected chi connectivity index (χ4v) is 7.96. The zero-order valence-corrected chi connectivity index (χ0v) is 18.4.